The van der Waals surface area contributed by atoms with Crippen LogP contribution in [0.1, 0.15) is 0 Å². The SMILES string of the molecule is COc1ccccc1-c1nn(CC(=O)N(C)c2ccccc2)c(=S)n1-n1cccc1. The topological polar surface area (TPSA) is 57.2 Å². The lowest BCUT2D eigenvalue weighted by atomic mass is 10.2. The van der Waals surface area contributed by atoms with Gasteiger partial charge in [-0.1, -0.05) is 30.3 Å². The Balaban J connectivity index is 1.77. The van der Waals surface area contributed by atoms with Crippen LogP contribution in [0.15, 0.2) is 79.1 Å². The highest BCUT2D eigenvalue weighted by Gasteiger charge is 2.20. The molecule has 0 saturated carbocycles. The molecule has 1 amide bonds. The summed E-state index contributed by atoms with van der Waals surface area (Å²) in [6.45, 7) is 0.0145. The Bertz CT molecular complexity index is 1210. The lowest BCUT2D eigenvalue weighted by molar-refractivity contribution is -0.119. The molecule has 0 bridgehead atoms. The lowest BCUT2D eigenvalue weighted by Gasteiger charge is -2.16. The normalized spacial score (nSPS) is 10.7. The van der Waals surface area contributed by atoms with Gasteiger partial charge in [0.1, 0.15) is 12.3 Å². The number of nitrogens with zero attached hydrogens (tertiary/aromatic N) is 5. The second kappa shape index (κ2) is 8.38. The average Bonchev–Trinajstić information content (AvgIpc) is 3.42. The highest BCUT2D eigenvalue weighted by Crippen LogP contribution is 2.29. The molecule has 0 aliphatic heterocycles. The molecule has 4 rings (SSSR count). The number of carbonyl (C=O) groups is 1. The minimum absolute atomic E-state index is 0.0145. The van der Waals surface area contributed by atoms with Crippen LogP contribution in [-0.2, 0) is 11.3 Å². The van der Waals surface area contributed by atoms with E-state index in [2.05, 4.69) is 5.10 Å². The molecular formula is C22H21N5O2S. The van der Waals surface area contributed by atoms with Gasteiger partial charge in [0.25, 0.3) is 0 Å². The molecule has 0 aliphatic rings. The lowest BCUT2D eigenvalue weighted by Crippen LogP contribution is -2.30. The van der Waals surface area contributed by atoms with Crippen LogP contribution in [0.25, 0.3) is 11.4 Å². The molecular weight excluding hydrogens is 398 g/mol. The number of hydrogen-bond acceptors (Lipinski definition) is 4. The Morgan fingerprint density at radius 1 is 1.03 bits per heavy atom. The molecule has 152 valence electrons. The van der Waals surface area contributed by atoms with Crippen molar-refractivity contribution in [2.24, 2.45) is 0 Å². The van der Waals surface area contributed by atoms with E-state index in [9.17, 15) is 4.79 Å². The van der Waals surface area contributed by atoms with Crippen molar-refractivity contribution >= 4 is 23.8 Å². The fourth-order valence-electron chi connectivity index (χ4n) is 3.20. The van der Waals surface area contributed by atoms with Crippen LogP contribution in [0, 0.1) is 4.77 Å². The van der Waals surface area contributed by atoms with Crippen molar-refractivity contribution < 1.29 is 9.53 Å². The summed E-state index contributed by atoms with van der Waals surface area (Å²) in [5, 5.41) is 4.69. The summed E-state index contributed by atoms with van der Waals surface area (Å²) in [4.78, 5) is 14.5. The van der Waals surface area contributed by atoms with E-state index in [1.165, 1.54) is 0 Å². The molecule has 0 radical (unpaired) electrons. The van der Waals surface area contributed by atoms with E-state index < -0.39 is 0 Å². The summed E-state index contributed by atoms with van der Waals surface area (Å²) < 4.78 is 11.1. The molecule has 0 aliphatic carbocycles. The van der Waals surface area contributed by atoms with Gasteiger partial charge in [-0.05, 0) is 48.6 Å². The number of hydrogen-bond donors (Lipinski definition) is 0. The van der Waals surface area contributed by atoms with Crippen LogP contribution in [-0.4, -0.2) is 39.2 Å². The van der Waals surface area contributed by atoms with Crippen molar-refractivity contribution in [1.82, 2.24) is 19.1 Å². The van der Waals surface area contributed by atoms with Crippen LogP contribution >= 0.6 is 12.2 Å². The molecule has 30 heavy (non-hydrogen) atoms. The maximum atomic E-state index is 12.9. The van der Waals surface area contributed by atoms with Crippen molar-refractivity contribution in [2.45, 2.75) is 6.54 Å². The third-order valence-corrected chi connectivity index (χ3v) is 5.17. The van der Waals surface area contributed by atoms with E-state index in [0.29, 0.717) is 16.3 Å². The largest absolute Gasteiger partial charge is 0.496 e. The molecule has 0 saturated heterocycles. The molecule has 2 heterocycles. The predicted molar refractivity (Wildman–Crippen MR) is 118 cm³/mol. The van der Waals surface area contributed by atoms with Crippen LogP contribution in [0.2, 0.25) is 0 Å². The van der Waals surface area contributed by atoms with Crippen LogP contribution in [0.3, 0.4) is 0 Å². The number of para-hydroxylation sites is 2. The van der Waals surface area contributed by atoms with E-state index in [1.54, 1.807) is 28.4 Å². The number of anilines is 1. The highest BCUT2D eigenvalue weighted by molar-refractivity contribution is 7.71. The van der Waals surface area contributed by atoms with Gasteiger partial charge in [0, 0.05) is 25.1 Å². The van der Waals surface area contributed by atoms with Gasteiger partial charge in [0.05, 0.1) is 12.7 Å². The number of methoxy groups -OCH3 is 1. The third-order valence-electron chi connectivity index (χ3n) is 4.79. The fourth-order valence-corrected chi connectivity index (χ4v) is 3.48. The third kappa shape index (κ3) is 3.65. The first-order chi connectivity index (χ1) is 14.6. The van der Waals surface area contributed by atoms with Gasteiger partial charge in [0.15, 0.2) is 5.82 Å². The van der Waals surface area contributed by atoms with E-state index in [1.807, 2.05) is 83.8 Å². The minimum Gasteiger partial charge on any atom is -0.496 e. The van der Waals surface area contributed by atoms with Crippen molar-refractivity contribution in [3.05, 3.63) is 83.9 Å². The minimum atomic E-state index is -0.124. The van der Waals surface area contributed by atoms with Crippen LogP contribution < -0.4 is 9.64 Å². The summed E-state index contributed by atoms with van der Waals surface area (Å²) in [6.07, 6.45) is 3.75. The van der Waals surface area contributed by atoms with Gasteiger partial charge in [-0.3, -0.25) is 9.47 Å². The highest BCUT2D eigenvalue weighted by atomic mass is 32.1. The van der Waals surface area contributed by atoms with Gasteiger partial charge < -0.3 is 9.64 Å². The Labute approximate surface area is 179 Å². The van der Waals surface area contributed by atoms with Crippen molar-refractivity contribution in [1.29, 1.82) is 0 Å². The quantitative estimate of drug-likeness (QED) is 0.445. The number of carbonyl (C=O) groups excluding carboxylic acids is 1. The monoisotopic (exact) mass is 419 g/mol. The Morgan fingerprint density at radius 2 is 1.70 bits per heavy atom. The molecule has 0 N–H and O–H groups in total. The molecule has 7 nitrogen and oxygen atoms in total. The number of aromatic nitrogens is 4. The Morgan fingerprint density at radius 3 is 2.40 bits per heavy atom. The van der Waals surface area contributed by atoms with Crippen molar-refractivity contribution in [3.63, 3.8) is 0 Å². The molecule has 0 spiro atoms. The maximum absolute atomic E-state index is 12.9. The number of benzene rings is 2. The zero-order valence-electron chi connectivity index (χ0n) is 16.7. The average molecular weight is 420 g/mol. The van der Waals surface area contributed by atoms with Gasteiger partial charge in [0.2, 0.25) is 10.7 Å². The first-order valence-corrected chi connectivity index (χ1v) is 9.79. The predicted octanol–water partition coefficient (Wildman–Crippen LogP) is 3.87. The second-order valence-corrected chi connectivity index (χ2v) is 6.99. The summed E-state index contributed by atoms with van der Waals surface area (Å²) in [6, 6.07) is 20.9. The number of ether oxygens (including phenoxy) is 1. The molecule has 2 aromatic heterocycles. The van der Waals surface area contributed by atoms with Crippen LogP contribution in [0.5, 0.6) is 5.75 Å². The summed E-state index contributed by atoms with van der Waals surface area (Å²) in [5.41, 5.74) is 1.59. The van der Waals surface area contributed by atoms with E-state index in [4.69, 9.17) is 17.0 Å². The number of likely N-dealkylation sites (N-methyl/N-ethyl adjacent to an activating group) is 1. The zero-order chi connectivity index (χ0) is 21.1. The van der Waals surface area contributed by atoms with Crippen LogP contribution in [0.4, 0.5) is 5.69 Å². The van der Waals surface area contributed by atoms with Gasteiger partial charge >= 0.3 is 0 Å². The van der Waals surface area contributed by atoms with Crippen molar-refractivity contribution in [3.8, 4) is 17.1 Å². The summed E-state index contributed by atoms with van der Waals surface area (Å²) >= 11 is 5.69. The summed E-state index contributed by atoms with van der Waals surface area (Å²) in [7, 11) is 3.36. The molecule has 8 heteroatoms. The molecule has 0 unspecified atom stereocenters. The first-order valence-electron chi connectivity index (χ1n) is 9.38. The smallest absolute Gasteiger partial charge is 0.248 e. The van der Waals surface area contributed by atoms with E-state index >= 15 is 0 Å². The van der Waals surface area contributed by atoms with Gasteiger partial charge in [-0.25, -0.2) is 9.36 Å². The van der Waals surface area contributed by atoms with Gasteiger partial charge in [-0.2, -0.15) is 0 Å². The first kappa shape index (κ1) is 19.7. The molecule has 0 atom stereocenters. The Kier molecular flexibility index (Phi) is 5.49. The second-order valence-electron chi connectivity index (χ2n) is 6.63. The number of amides is 1. The molecule has 2 aromatic carbocycles. The maximum Gasteiger partial charge on any atom is 0.248 e. The molecule has 0 fully saturated rings. The van der Waals surface area contributed by atoms with Crippen molar-refractivity contribution in [2.75, 3.05) is 19.1 Å². The molecule has 4 aromatic rings. The zero-order valence-corrected chi connectivity index (χ0v) is 17.5. The van der Waals surface area contributed by atoms with Gasteiger partial charge in [-0.15, -0.1) is 5.10 Å². The van der Waals surface area contributed by atoms with E-state index in [0.717, 1.165) is 11.3 Å². The fraction of sp³-hybridized carbons (Fsp3) is 0.136. The number of rotatable bonds is 6. The Hall–Kier alpha value is -3.65. The van der Waals surface area contributed by atoms with E-state index in [-0.39, 0.29) is 12.5 Å². The summed E-state index contributed by atoms with van der Waals surface area (Å²) in [5.74, 6) is 1.13. The standard InChI is InChI=1S/C22H21N5O2S/c1-24(17-10-4-3-5-11-17)20(28)16-26-22(30)27(25-14-8-9-15-25)21(23-26)18-12-6-7-13-19(18)29-2/h3-15H,16H2,1-2H3.